The lowest BCUT2D eigenvalue weighted by atomic mass is 9.88. The Kier molecular flexibility index (Phi) is 10.4. The van der Waals surface area contributed by atoms with E-state index >= 15 is 0 Å². The van der Waals surface area contributed by atoms with E-state index < -0.39 is 0 Å². The van der Waals surface area contributed by atoms with Gasteiger partial charge in [-0.3, -0.25) is 0 Å². The van der Waals surface area contributed by atoms with Crippen molar-refractivity contribution in [2.75, 3.05) is 26.9 Å². The molecule has 0 rings (SSSR count). The van der Waals surface area contributed by atoms with Gasteiger partial charge in [0.05, 0.1) is 13.2 Å². The van der Waals surface area contributed by atoms with Gasteiger partial charge in [0.25, 0.3) is 0 Å². The quantitative estimate of drug-likeness (QED) is 0.520. The van der Waals surface area contributed by atoms with Crippen LogP contribution in [0.3, 0.4) is 0 Å². The number of hydrogen-bond acceptors (Lipinski definition) is 2. The summed E-state index contributed by atoms with van der Waals surface area (Å²) in [6.45, 7) is 9.19. The zero-order valence-electron chi connectivity index (χ0n) is 10.9. The van der Waals surface area contributed by atoms with Gasteiger partial charge in [0.2, 0.25) is 0 Å². The van der Waals surface area contributed by atoms with Crippen LogP contribution in [0.5, 0.6) is 0 Å². The standard InChI is InChI=1S/C13H28O2/c1-5-7-8-13(12(3)6-2)11-15-10-9-14-4/h12-13H,5-11H2,1-4H3. The van der Waals surface area contributed by atoms with Crippen LogP contribution in [0.4, 0.5) is 0 Å². The predicted octanol–water partition coefficient (Wildman–Crippen LogP) is 3.50. The van der Waals surface area contributed by atoms with Crippen LogP contribution < -0.4 is 0 Å². The van der Waals surface area contributed by atoms with Crippen LogP contribution in [0.15, 0.2) is 0 Å². The molecule has 92 valence electrons. The SMILES string of the molecule is CCCCC(COCCOC)C(C)CC. The molecule has 15 heavy (non-hydrogen) atoms. The highest BCUT2D eigenvalue weighted by molar-refractivity contribution is 4.65. The van der Waals surface area contributed by atoms with Crippen LogP contribution in [0, 0.1) is 11.8 Å². The molecule has 0 saturated heterocycles. The summed E-state index contributed by atoms with van der Waals surface area (Å²) in [5, 5.41) is 0. The molecule has 0 spiro atoms. The maximum Gasteiger partial charge on any atom is 0.0700 e. The van der Waals surface area contributed by atoms with Crippen LogP contribution in [0.1, 0.15) is 46.5 Å². The van der Waals surface area contributed by atoms with Gasteiger partial charge in [-0.15, -0.1) is 0 Å². The minimum Gasteiger partial charge on any atom is -0.382 e. The second kappa shape index (κ2) is 10.4. The van der Waals surface area contributed by atoms with Crippen molar-refractivity contribution in [3.63, 3.8) is 0 Å². The first-order chi connectivity index (χ1) is 7.26. The van der Waals surface area contributed by atoms with Gasteiger partial charge in [0.1, 0.15) is 0 Å². The van der Waals surface area contributed by atoms with E-state index in [0.717, 1.165) is 25.0 Å². The molecule has 2 nitrogen and oxygen atoms in total. The average Bonchev–Trinajstić information content (AvgIpc) is 2.27. The van der Waals surface area contributed by atoms with Crippen LogP contribution in [0.25, 0.3) is 0 Å². The summed E-state index contributed by atoms with van der Waals surface area (Å²) in [6.07, 6.45) is 5.16. The van der Waals surface area contributed by atoms with E-state index in [2.05, 4.69) is 20.8 Å². The molecule has 0 amide bonds. The van der Waals surface area contributed by atoms with Crippen molar-refractivity contribution in [3.05, 3.63) is 0 Å². The highest BCUT2D eigenvalue weighted by Crippen LogP contribution is 2.21. The third kappa shape index (κ3) is 7.80. The summed E-state index contributed by atoms with van der Waals surface area (Å²) >= 11 is 0. The van der Waals surface area contributed by atoms with Crippen molar-refractivity contribution >= 4 is 0 Å². The van der Waals surface area contributed by atoms with E-state index in [4.69, 9.17) is 9.47 Å². The lowest BCUT2D eigenvalue weighted by molar-refractivity contribution is 0.0371. The van der Waals surface area contributed by atoms with Gasteiger partial charge < -0.3 is 9.47 Å². The fourth-order valence-corrected chi connectivity index (χ4v) is 1.71. The Hall–Kier alpha value is -0.0800. The topological polar surface area (TPSA) is 18.5 Å². The monoisotopic (exact) mass is 216 g/mol. The van der Waals surface area contributed by atoms with Crippen molar-refractivity contribution in [1.29, 1.82) is 0 Å². The first-order valence-electron chi connectivity index (χ1n) is 6.32. The lowest BCUT2D eigenvalue weighted by Crippen LogP contribution is -2.19. The van der Waals surface area contributed by atoms with Crippen molar-refractivity contribution in [2.24, 2.45) is 11.8 Å². The molecular weight excluding hydrogens is 188 g/mol. The summed E-state index contributed by atoms with van der Waals surface area (Å²) < 4.78 is 10.6. The molecule has 0 saturated carbocycles. The smallest absolute Gasteiger partial charge is 0.0700 e. The van der Waals surface area contributed by atoms with Gasteiger partial charge in [-0.05, 0) is 18.3 Å². The molecule has 0 aliphatic heterocycles. The van der Waals surface area contributed by atoms with Crippen molar-refractivity contribution in [3.8, 4) is 0 Å². The molecule has 2 unspecified atom stereocenters. The van der Waals surface area contributed by atoms with E-state index in [9.17, 15) is 0 Å². The number of hydrogen-bond donors (Lipinski definition) is 0. The summed E-state index contributed by atoms with van der Waals surface area (Å²) in [5.74, 6) is 1.51. The molecule has 0 aromatic carbocycles. The molecule has 0 radical (unpaired) electrons. The van der Waals surface area contributed by atoms with Gasteiger partial charge in [0.15, 0.2) is 0 Å². The molecule has 0 fully saturated rings. The van der Waals surface area contributed by atoms with E-state index in [1.807, 2.05) is 0 Å². The van der Waals surface area contributed by atoms with Crippen LogP contribution in [-0.4, -0.2) is 26.9 Å². The molecule has 0 bridgehead atoms. The molecule has 2 atom stereocenters. The summed E-state index contributed by atoms with van der Waals surface area (Å²) in [4.78, 5) is 0. The van der Waals surface area contributed by atoms with Crippen LogP contribution >= 0.6 is 0 Å². The minimum atomic E-state index is 0.709. The maximum absolute atomic E-state index is 5.63. The minimum absolute atomic E-state index is 0.709. The van der Waals surface area contributed by atoms with Crippen LogP contribution in [-0.2, 0) is 9.47 Å². The fraction of sp³-hybridized carbons (Fsp3) is 1.00. The molecule has 0 N–H and O–H groups in total. The van der Waals surface area contributed by atoms with E-state index in [1.54, 1.807) is 7.11 Å². The number of methoxy groups -OCH3 is 1. The Morgan fingerprint density at radius 3 is 2.40 bits per heavy atom. The fourth-order valence-electron chi connectivity index (χ4n) is 1.71. The molecular formula is C13H28O2. The summed E-state index contributed by atoms with van der Waals surface area (Å²) in [5.41, 5.74) is 0. The van der Waals surface area contributed by atoms with Gasteiger partial charge in [0, 0.05) is 13.7 Å². The molecule has 0 aliphatic rings. The second-order valence-corrected chi connectivity index (χ2v) is 4.36. The highest BCUT2D eigenvalue weighted by atomic mass is 16.5. The van der Waals surface area contributed by atoms with E-state index in [-0.39, 0.29) is 0 Å². The average molecular weight is 216 g/mol. The third-order valence-corrected chi connectivity index (χ3v) is 3.14. The molecule has 2 heteroatoms. The van der Waals surface area contributed by atoms with Crippen molar-refractivity contribution in [2.45, 2.75) is 46.5 Å². The Bertz CT molecular complexity index is 126. The number of unbranched alkanes of at least 4 members (excludes halogenated alkanes) is 1. The Balaban J connectivity index is 3.69. The second-order valence-electron chi connectivity index (χ2n) is 4.36. The van der Waals surface area contributed by atoms with Gasteiger partial charge in [-0.25, -0.2) is 0 Å². The molecule has 0 aromatic heterocycles. The highest BCUT2D eigenvalue weighted by Gasteiger charge is 2.15. The predicted molar refractivity (Wildman–Crippen MR) is 65.2 cm³/mol. The van der Waals surface area contributed by atoms with Gasteiger partial charge in [-0.1, -0.05) is 40.0 Å². The largest absolute Gasteiger partial charge is 0.382 e. The molecule has 0 aliphatic carbocycles. The Labute approximate surface area is 95.3 Å². The maximum atomic E-state index is 5.63. The first-order valence-corrected chi connectivity index (χ1v) is 6.32. The summed E-state index contributed by atoms with van der Waals surface area (Å²) in [6, 6.07) is 0. The van der Waals surface area contributed by atoms with Gasteiger partial charge in [-0.2, -0.15) is 0 Å². The summed E-state index contributed by atoms with van der Waals surface area (Å²) in [7, 11) is 1.71. The van der Waals surface area contributed by atoms with Gasteiger partial charge >= 0.3 is 0 Å². The van der Waals surface area contributed by atoms with E-state index in [0.29, 0.717) is 6.61 Å². The molecule has 0 heterocycles. The molecule has 0 aromatic rings. The zero-order valence-corrected chi connectivity index (χ0v) is 10.9. The first kappa shape index (κ1) is 14.9. The Morgan fingerprint density at radius 1 is 1.13 bits per heavy atom. The van der Waals surface area contributed by atoms with E-state index in [1.165, 1.54) is 25.7 Å². The third-order valence-electron chi connectivity index (χ3n) is 3.14. The lowest BCUT2D eigenvalue weighted by Gasteiger charge is -2.22. The van der Waals surface area contributed by atoms with Crippen molar-refractivity contribution < 1.29 is 9.47 Å². The zero-order chi connectivity index (χ0) is 11.5. The Morgan fingerprint density at radius 2 is 1.87 bits per heavy atom. The number of rotatable bonds is 10. The van der Waals surface area contributed by atoms with Crippen molar-refractivity contribution in [1.82, 2.24) is 0 Å². The number of ether oxygens (including phenoxy) is 2. The normalized spacial score (nSPS) is 15.2. The van der Waals surface area contributed by atoms with Crippen LogP contribution in [0.2, 0.25) is 0 Å².